The van der Waals surface area contributed by atoms with E-state index in [0.717, 1.165) is 30.6 Å². The lowest BCUT2D eigenvalue weighted by atomic mass is 9.78. The Balaban J connectivity index is 1.62. The van der Waals surface area contributed by atoms with Crippen LogP contribution in [0.1, 0.15) is 24.8 Å². The molecule has 0 radical (unpaired) electrons. The number of ether oxygens (including phenoxy) is 1. The fourth-order valence-electron chi connectivity index (χ4n) is 4.07. The molecule has 2 bridgehead atoms. The predicted octanol–water partition coefficient (Wildman–Crippen LogP) is 2.06. The molecule has 2 saturated carbocycles. The number of carbonyl (C=O) groups excluding carboxylic acids is 1. The van der Waals surface area contributed by atoms with Crippen molar-refractivity contribution in [2.24, 2.45) is 23.7 Å². The topological polar surface area (TPSA) is 75.6 Å². The first kappa shape index (κ1) is 14.9. The van der Waals surface area contributed by atoms with Crippen LogP contribution in [0.3, 0.4) is 0 Å². The maximum atomic E-state index is 12.4. The molecule has 2 aliphatic rings. The van der Waals surface area contributed by atoms with E-state index in [-0.39, 0.29) is 23.7 Å². The minimum atomic E-state index is -0.822. The van der Waals surface area contributed by atoms with Crippen LogP contribution in [0.4, 0.5) is 0 Å². The lowest BCUT2D eigenvalue weighted by molar-refractivity contribution is -0.149. The van der Waals surface area contributed by atoms with Gasteiger partial charge in [0.05, 0.1) is 18.9 Å². The van der Waals surface area contributed by atoms with Gasteiger partial charge in [0.2, 0.25) is 5.91 Å². The van der Waals surface area contributed by atoms with Gasteiger partial charge in [0.1, 0.15) is 5.75 Å². The Hall–Kier alpha value is -2.04. The number of carboxylic acids is 1. The Morgan fingerprint density at radius 3 is 2.41 bits per heavy atom. The van der Waals surface area contributed by atoms with Crippen LogP contribution >= 0.6 is 0 Å². The third-order valence-electron chi connectivity index (χ3n) is 5.13. The SMILES string of the molecule is COc1ccc(CNC(=O)[C@H]2[C@H]3CC[C@@H](C3)[C@H]2C(=O)O)cc1. The third-order valence-corrected chi connectivity index (χ3v) is 5.13. The van der Waals surface area contributed by atoms with Crippen LogP contribution in [0.15, 0.2) is 24.3 Å². The van der Waals surface area contributed by atoms with Crippen molar-refractivity contribution in [3.8, 4) is 5.75 Å². The van der Waals surface area contributed by atoms with E-state index in [2.05, 4.69) is 5.32 Å². The van der Waals surface area contributed by atoms with Gasteiger partial charge in [-0.25, -0.2) is 0 Å². The van der Waals surface area contributed by atoms with Gasteiger partial charge in [0.15, 0.2) is 0 Å². The third kappa shape index (κ3) is 2.67. The zero-order valence-electron chi connectivity index (χ0n) is 12.6. The van der Waals surface area contributed by atoms with Crippen LogP contribution in [0.2, 0.25) is 0 Å². The number of hydrogen-bond donors (Lipinski definition) is 2. The number of carbonyl (C=O) groups is 2. The van der Waals surface area contributed by atoms with E-state index in [4.69, 9.17) is 4.74 Å². The molecule has 0 saturated heterocycles. The van der Waals surface area contributed by atoms with Gasteiger partial charge in [0.25, 0.3) is 0 Å². The van der Waals surface area contributed by atoms with Crippen molar-refractivity contribution < 1.29 is 19.4 Å². The molecule has 1 aromatic rings. The molecule has 2 N–H and O–H groups in total. The summed E-state index contributed by atoms with van der Waals surface area (Å²) in [6.07, 6.45) is 2.82. The van der Waals surface area contributed by atoms with Crippen molar-refractivity contribution in [1.82, 2.24) is 5.32 Å². The predicted molar refractivity (Wildman–Crippen MR) is 80.3 cm³/mol. The molecule has 22 heavy (non-hydrogen) atoms. The Kier molecular flexibility index (Phi) is 4.05. The van der Waals surface area contributed by atoms with Gasteiger partial charge in [-0.15, -0.1) is 0 Å². The van der Waals surface area contributed by atoms with Gasteiger partial charge in [0, 0.05) is 6.54 Å². The molecule has 5 nitrogen and oxygen atoms in total. The number of methoxy groups -OCH3 is 1. The molecule has 1 amide bonds. The number of nitrogens with one attached hydrogen (secondary N) is 1. The van der Waals surface area contributed by atoms with Crippen molar-refractivity contribution in [3.05, 3.63) is 29.8 Å². The van der Waals surface area contributed by atoms with Gasteiger partial charge in [-0.2, -0.15) is 0 Å². The van der Waals surface area contributed by atoms with Crippen LogP contribution < -0.4 is 10.1 Å². The summed E-state index contributed by atoms with van der Waals surface area (Å²) in [5.41, 5.74) is 0.976. The molecule has 0 heterocycles. The number of rotatable bonds is 5. The van der Waals surface area contributed by atoms with E-state index in [1.807, 2.05) is 24.3 Å². The zero-order valence-corrected chi connectivity index (χ0v) is 12.6. The maximum absolute atomic E-state index is 12.4. The van der Waals surface area contributed by atoms with Gasteiger partial charge in [-0.1, -0.05) is 12.1 Å². The first-order valence-corrected chi connectivity index (χ1v) is 7.73. The molecule has 0 aromatic heterocycles. The highest BCUT2D eigenvalue weighted by Gasteiger charge is 2.53. The molecule has 2 fully saturated rings. The summed E-state index contributed by atoms with van der Waals surface area (Å²) >= 11 is 0. The Morgan fingerprint density at radius 1 is 1.18 bits per heavy atom. The first-order valence-electron chi connectivity index (χ1n) is 7.73. The zero-order chi connectivity index (χ0) is 15.7. The Bertz CT molecular complexity index is 569. The molecular formula is C17H21NO4. The fraction of sp³-hybridized carbons (Fsp3) is 0.529. The summed E-state index contributed by atoms with van der Waals surface area (Å²) in [5, 5.41) is 12.3. The Morgan fingerprint density at radius 2 is 1.82 bits per heavy atom. The number of amides is 1. The maximum Gasteiger partial charge on any atom is 0.307 e. The van der Waals surface area contributed by atoms with E-state index in [1.54, 1.807) is 7.11 Å². The molecule has 4 atom stereocenters. The molecule has 0 spiro atoms. The number of aliphatic carboxylic acids is 1. The standard InChI is InChI=1S/C17H21NO4/c1-22-13-6-2-10(3-7-13)9-18-16(19)14-11-4-5-12(8-11)15(14)17(20)21/h2-3,6-7,11-12,14-15H,4-5,8-9H2,1H3,(H,18,19)(H,20,21)/t11-,12-,14-,15+/m0/s1. The van der Waals surface area contributed by atoms with Gasteiger partial charge < -0.3 is 15.2 Å². The van der Waals surface area contributed by atoms with Gasteiger partial charge in [-0.05, 0) is 48.8 Å². The number of hydrogen-bond acceptors (Lipinski definition) is 3. The molecule has 0 unspecified atom stereocenters. The lowest BCUT2D eigenvalue weighted by Gasteiger charge is -2.27. The van der Waals surface area contributed by atoms with Crippen molar-refractivity contribution in [2.75, 3.05) is 7.11 Å². The van der Waals surface area contributed by atoms with Crippen LogP contribution in [-0.2, 0) is 16.1 Å². The number of carboxylic acid groups (broad SMARTS) is 1. The normalized spacial score (nSPS) is 29.3. The summed E-state index contributed by atoms with van der Waals surface area (Å²) in [6.45, 7) is 0.420. The first-order chi connectivity index (χ1) is 10.6. The summed E-state index contributed by atoms with van der Waals surface area (Å²) in [6, 6.07) is 7.49. The molecular weight excluding hydrogens is 282 g/mol. The summed E-state index contributed by atoms with van der Waals surface area (Å²) in [5.74, 6) is -0.619. The van der Waals surface area contributed by atoms with E-state index in [0.29, 0.717) is 6.54 Å². The second-order valence-electron chi connectivity index (χ2n) is 6.29. The van der Waals surface area contributed by atoms with Crippen LogP contribution in [0, 0.1) is 23.7 Å². The van der Waals surface area contributed by atoms with Gasteiger partial charge >= 0.3 is 5.97 Å². The van der Waals surface area contributed by atoms with Crippen LogP contribution in [0.25, 0.3) is 0 Å². The van der Waals surface area contributed by atoms with Crippen LogP contribution in [-0.4, -0.2) is 24.1 Å². The van der Waals surface area contributed by atoms with E-state index < -0.39 is 11.9 Å². The van der Waals surface area contributed by atoms with E-state index >= 15 is 0 Å². The highest BCUT2D eigenvalue weighted by Crippen LogP contribution is 2.52. The minimum absolute atomic E-state index is 0.115. The van der Waals surface area contributed by atoms with E-state index in [1.165, 1.54) is 0 Å². The van der Waals surface area contributed by atoms with E-state index in [9.17, 15) is 14.7 Å². The molecule has 0 aliphatic heterocycles. The average molecular weight is 303 g/mol. The average Bonchev–Trinajstić information content (AvgIpc) is 3.14. The highest BCUT2D eigenvalue weighted by atomic mass is 16.5. The second-order valence-corrected chi connectivity index (χ2v) is 6.29. The fourth-order valence-corrected chi connectivity index (χ4v) is 4.07. The smallest absolute Gasteiger partial charge is 0.307 e. The quantitative estimate of drug-likeness (QED) is 0.873. The van der Waals surface area contributed by atoms with Crippen LogP contribution in [0.5, 0.6) is 5.75 Å². The molecule has 1 aromatic carbocycles. The number of fused-ring (bicyclic) bond motifs is 2. The second kappa shape index (κ2) is 5.99. The lowest BCUT2D eigenvalue weighted by Crippen LogP contribution is -2.41. The van der Waals surface area contributed by atoms with Gasteiger partial charge in [-0.3, -0.25) is 9.59 Å². The van der Waals surface area contributed by atoms with Crippen molar-refractivity contribution in [2.45, 2.75) is 25.8 Å². The monoisotopic (exact) mass is 303 g/mol. The van der Waals surface area contributed by atoms with Crippen molar-refractivity contribution >= 4 is 11.9 Å². The largest absolute Gasteiger partial charge is 0.497 e. The molecule has 2 aliphatic carbocycles. The summed E-state index contributed by atoms with van der Waals surface area (Å²) in [7, 11) is 1.61. The minimum Gasteiger partial charge on any atom is -0.497 e. The highest BCUT2D eigenvalue weighted by molar-refractivity contribution is 5.86. The van der Waals surface area contributed by atoms with Crippen molar-refractivity contribution in [1.29, 1.82) is 0 Å². The summed E-state index contributed by atoms with van der Waals surface area (Å²) in [4.78, 5) is 23.9. The molecule has 3 rings (SSSR count). The van der Waals surface area contributed by atoms with Crippen molar-refractivity contribution in [3.63, 3.8) is 0 Å². The molecule has 118 valence electrons. The molecule has 5 heteroatoms. The Labute approximate surface area is 129 Å². The number of benzene rings is 1. The summed E-state index contributed by atoms with van der Waals surface area (Å²) < 4.78 is 5.10.